The van der Waals surface area contributed by atoms with Crippen LogP contribution in [0.5, 0.6) is 0 Å². The van der Waals surface area contributed by atoms with Gasteiger partial charge in [0.2, 0.25) is 0 Å². The minimum Gasteiger partial charge on any atom is -0.480 e. The van der Waals surface area contributed by atoms with Crippen LogP contribution in [0.25, 0.3) is 0 Å². The Labute approximate surface area is 215 Å². The molecule has 1 aromatic rings. The first-order valence-electron chi connectivity index (χ1n) is 13.0. The second-order valence-corrected chi connectivity index (χ2v) is 12.9. The maximum Gasteiger partial charge on any atom is 0.319 e. The zero-order valence-electron chi connectivity index (χ0n) is 22.2. The zero-order valence-corrected chi connectivity index (χ0v) is 23.0. The topological polar surface area (TPSA) is 58.4 Å². The lowest BCUT2D eigenvalue weighted by molar-refractivity contribution is -0.137. The molecule has 3 aliphatic rings. The Balaban J connectivity index is 1.77. The van der Waals surface area contributed by atoms with E-state index >= 15 is 0 Å². The Bertz CT molecular complexity index is 1080. The van der Waals surface area contributed by atoms with E-state index in [9.17, 15) is 9.90 Å². The van der Waals surface area contributed by atoms with Crippen molar-refractivity contribution in [2.24, 2.45) is 29.7 Å². The number of hydrogen-bond acceptors (Lipinski definition) is 4. The lowest BCUT2D eigenvalue weighted by Crippen LogP contribution is -2.42. The van der Waals surface area contributed by atoms with Gasteiger partial charge in [-0.15, -0.1) is 11.8 Å². The minimum atomic E-state index is -0.763. The van der Waals surface area contributed by atoms with Crippen molar-refractivity contribution >= 4 is 17.7 Å². The van der Waals surface area contributed by atoms with Crippen LogP contribution >= 0.6 is 11.8 Å². The Morgan fingerprint density at radius 2 is 2.00 bits per heavy atom. The fraction of sp³-hybridized carbons (Fsp3) is 0.655. The number of carbonyl (C=O) groups is 1. The summed E-state index contributed by atoms with van der Waals surface area (Å²) in [5, 5.41) is 16.2. The van der Waals surface area contributed by atoms with Gasteiger partial charge in [-0.1, -0.05) is 43.3 Å². The number of allylic oxidation sites excluding steroid dienone is 1. The van der Waals surface area contributed by atoms with Gasteiger partial charge in [-0.05, 0) is 69.8 Å². The van der Waals surface area contributed by atoms with E-state index in [0.29, 0.717) is 5.92 Å². The summed E-state index contributed by atoms with van der Waals surface area (Å²) in [6, 6.07) is 0. The molecule has 0 aromatic carbocycles. The Hall–Kier alpha value is -1.97. The van der Waals surface area contributed by atoms with Crippen LogP contribution in [0.15, 0.2) is 28.8 Å². The fourth-order valence-electron chi connectivity index (χ4n) is 5.89. The second-order valence-electron chi connectivity index (χ2n) is 11.9. The summed E-state index contributed by atoms with van der Waals surface area (Å²) in [5.41, 5.74) is 4.21. The predicted molar refractivity (Wildman–Crippen MR) is 144 cm³/mol. The monoisotopic (exact) mass is 495 g/mol. The number of carboxylic acids is 1. The first-order chi connectivity index (χ1) is 16.5. The molecule has 1 aliphatic carbocycles. The summed E-state index contributed by atoms with van der Waals surface area (Å²) in [6.45, 7) is 13.4. The fourth-order valence-corrected chi connectivity index (χ4v) is 6.95. The van der Waals surface area contributed by atoms with E-state index < -0.39 is 16.6 Å². The number of nitrogens with zero attached hydrogens (tertiary/aromatic N) is 3. The maximum absolute atomic E-state index is 12.5. The summed E-state index contributed by atoms with van der Waals surface area (Å²) in [7, 11) is 1.98. The van der Waals surface area contributed by atoms with Crippen molar-refractivity contribution in [3.63, 3.8) is 0 Å². The van der Waals surface area contributed by atoms with Crippen molar-refractivity contribution in [1.82, 2.24) is 14.7 Å². The Morgan fingerprint density at radius 3 is 2.60 bits per heavy atom. The number of carboxylic acid groups (broad SMARTS) is 1. The van der Waals surface area contributed by atoms with E-state index in [2.05, 4.69) is 68.7 Å². The van der Waals surface area contributed by atoms with E-state index in [0.717, 1.165) is 37.7 Å². The van der Waals surface area contributed by atoms with Crippen LogP contribution in [-0.4, -0.2) is 44.1 Å². The molecule has 0 amide bonds. The van der Waals surface area contributed by atoms with E-state index in [1.807, 2.05) is 17.1 Å². The highest BCUT2D eigenvalue weighted by Gasteiger charge is 2.49. The molecular weight excluding hydrogens is 454 g/mol. The average molecular weight is 496 g/mol. The molecule has 5 nitrogen and oxygen atoms in total. The van der Waals surface area contributed by atoms with Crippen LogP contribution < -0.4 is 0 Å². The summed E-state index contributed by atoms with van der Waals surface area (Å²) < 4.78 is 1.90. The molecule has 2 unspecified atom stereocenters. The SMILES string of the molecule is Cc1nn(C)cc1CN1CCC(C2(C#CC(C)(C)C)C=CSC2C(=O)O)=C(C2CCC(C)CC2)C1. The average Bonchev–Trinajstić information content (AvgIpc) is 3.35. The number of aliphatic carboxylic acids is 1. The van der Waals surface area contributed by atoms with E-state index in [-0.39, 0.29) is 5.41 Å². The van der Waals surface area contributed by atoms with Crippen molar-refractivity contribution in [3.05, 3.63) is 40.1 Å². The van der Waals surface area contributed by atoms with Gasteiger partial charge in [0.05, 0.1) is 11.1 Å². The number of hydrogen-bond donors (Lipinski definition) is 1. The minimum absolute atomic E-state index is 0.184. The van der Waals surface area contributed by atoms with Crippen molar-refractivity contribution in [2.75, 3.05) is 13.1 Å². The third-order valence-electron chi connectivity index (χ3n) is 7.80. The molecule has 1 N–H and O–H groups in total. The number of thioether (sulfide) groups is 1. The summed E-state index contributed by atoms with van der Waals surface area (Å²) in [6.07, 6.45) is 9.98. The normalized spacial score (nSPS) is 29.8. The van der Waals surface area contributed by atoms with Crippen LogP contribution in [0, 0.1) is 41.4 Å². The first kappa shape index (κ1) is 26.1. The van der Waals surface area contributed by atoms with Gasteiger partial charge in [-0.2, -0.15) is 5.10 Å². The lowest BCUT2D eigenvalue weighted by atomic mass is 9.68. The van der Waals surface area contributed by atoms with Crippen molar-refractivity contribution in [1.29, 1.82) is 0 Å². The molecule has 1 saturated carbocycles. The smallest absolute Gasteiger partial charge is 0.319 e. The molecule has 1 aromatic heterocycles. The molecule has 0 spiro atoms. The van der Waals surface area contributed by atoms with Crippen LogP contribution in [-0.2, 0) is 18.4 Å². The number of rotatable bonds is 5. The molecule has 6 heteroatoms. The van der Waals surface area contributed by atoms with Crippen molar-refractivity contribution in [3.8, 4) is 11.8 Å². The summed E-state index contributed by atoms with van der Waals surface area (Å²) >= 11 is 1.42. The Kier molecular flexibility index (Phi) is 7.60. The van der Waals surface area contributed by atoms with Crippen LogP contribution in [0.1, 0.15) is 71.1 Å². The molecule has 2 aliphatic heterocycles. The van der Waals surface area contributed by atoms with E-state index in [1.165, 1.54) is 54.2 Å². The van der Waals surface area contributed by atoms with Crippen LogP contribution in [0.4, 0.5) is 0 Å². The molecule has 3 heterocycles. The maximum atomic E-state index is 12.5. The standard InChI is InChI=1S/C29H41N3O2S/c1-20-7-9-22(10-8-20)24-19-32(18-23-17-31(6)30-21(23)2)15-11-25(24)29(13-12-28(3,4)5)14-16-35-26(29)27(33)34/h14,16-17,20,22,26H,7-11,15,18-19H2,1-6H3,(H,33,34). The Morgan fingerprint density at radius 1 is 1.29 bits per heavy atom. The third-order valence-corrected chi connectivity index (χ3v) is 8.94. The zero-order chi connectivity index (χ0) is 25.4. The highest BCUT2D eigenvalue weighted by Crippen LogP contribution is 2.51. The molecule has 35 heavy (non-hydrogen) atoms. The largest absolute Gasteiger partial charge is 0.480 e. The molecule has 0 radical (unpaired) electrons. The quantitative estimate of drug-likeness (QED) is 0.413. The first-order valence-corrected chi connectivity index (χ1v) is 14.0. The summed E-state index contributed by atoms with van der Waals surface area (Å²) in [5.74, 6) is 7.53. The highest BCUT2D eigenvalue weighted by atomic mass is 32.2. The van der Waals surface area contributed by atoms with E-state index in [1.54, 1.807) is 0 Å². The van der Waals surface area contributed by atoms with E-state index in [4.69, 9.17) is 0 Å². The number of aromatic nitrogens is 2. The molecule has 2 atom stereocenters. The van der Waals surface area contributed by atoms with Gasteiger partial charge in [0, 0.05) is 43.9 Å². The lowest BCUT2D eigenvalue weighted by Gasteiger charge is -2.42. The van der Waals surface area contributed by atoms with Crippen LogP contribution in [0.3, 0.4) is 0 Å². The summed E-state index contributed by atoms with van der Waals surface area (Å²) in [4.78, 5) is 15.0. The molecule has 4 rings (SSSR count). The van der Waals surface area contributed by atoms with Gasteiger partial charge in [0.25, 0.3) is 0 Å². The predicted octanol–water partition coefficient (Wildman–Crippen LogP) is 5.81. The van der Waals surface area contributed by atoms with Crippen molar-refractivity contribution in [2.45, 2.75) is 78.5 Å². The van der Waals surface area contributed by atoms with Gasteiger partial charge < -0.3 is 5.11 Å². The molecule has 0 saturated heterocycles. The molecule has 190 valence electrons. The third kappa shape index (κ3) is 5.73. The van der Waals surface area contributed by atoms with Gasteiger partial charge in [-0.25, -0.2) is 0 Å². The second kappa shape index (κ2) is 10.2. The van der Waals surface area contributed by atoms with Gasteiger partial charge in [0.1, 0.15) is 5.25 Å². The van der Waals surface area contributed by atoms with Gasteiger partial charge in [-0.3, -0.25) is 14.4 Å². The van der Waals surface area contributed by atoms with Crippen molar-refractivity contribution < 1.29 is 9.90 Å². The molecular formula is C29H41N3O2S. The van der Waals surface area contributed by atoms with Gasteiger partial charge >= 0.3 is 5.97 Å². The van der Waals surface area contributed by atoms with Crippen LogP contribution in [0.2, 0.25) is 0 Å². The highest BCUT2D eigenvalue weighted by molar-refractivity contribution is 8.03. The molecule has 0 bridgehead atoms. The molecule has 1 fully saturated rings. The number of aryl methyl sites for hydroxylation is 2. The van der Waals surface area contributed by atoms with Gasteiger partial charge in [0.15, 0.2) is 0 Å².